The maximum absolute atomic E-state index is 11.6. The zero-order valence-corrected chi connectivity index (χ0v) is 13.9. The Morgan fingerprint density at radius 3 is 2.77 bits per heavy atom. The molecule has 0 aromatic rings. The van der Waals surface area contributed by atoms with E-state index in [4.69, 9.17) is 14.2 Å². The van der Waals surface area contributed by atoms with E-state index in [0.717, 1.165) is 30.3 Å². The third-order valence-electron chi connectivity index (χ3n) is 3.90. The van der Waals surface area contributed by atoms with Crippen LogP contribution >= 0.6 is 0 Å². The second-order valence-corrected chi connectivity index (χ2v) is 5.56. The number of methoxy groups -OCH3 is 2. The molecule has 1 aliphatic heterocycles. The molecule has 0 saturated heterocycles. The fourth-order valence-electron chi connectivity index (χ4n) is 2.48. The van der Waals surface area contributed by atoms with Gasteiger partial charge in [0.2, 0.25) is 0 Å². The van der Waals surface area contributed by atoms with Crippen molar-refractivity contribution in [3.05, 3.63) is 23.3 Å². The van der Waals surface area contributed by atoms with Gasteiger partial charge in [-0.15, -0.1) is 0 Å². The average Bonchev–Trinajstić information content (AvgIpc) is 2.53. The first kappa shape index (κ1) is 18.6. The first-order valence-corrected chi connectivity index (χ1v) is 7.54. The number of unbranched alkanes of at least 4 members (excludes halogenated alkanes) is 2. The van der Waals surface area contributed by atoms with Crippen LogP contribution < -0.4 is 0 Å². The maximum Gasteiger partial charge on any atom is 0.311 e. The molecule has 1 aliphatic rings. The smallest absolute Gasteiger partial charge is 0.311 e. The summed E-state index contributed by atoms with van der Waals surface area (Å²) in [5, 5.41) is 0. The van der Waals surface area contributed by atoms with Crippen molar-refractivity contribution in [1.82, 2.24) is 0 Å². The number of allylic oxidation sites excluding steroid dienone is 1. The molecule has 0 unspecified atom stereocenters. The van der Waals surface area contributed by atoms with Gasteiger partial charge in [-0.3, -0.25) is 4.79 Å². The predicted octanol–water partition coefficient (Wildman–Crippen LogP) is 2.94. The lowest BCUT2D eigenvalue weighted by atomic mass is 9.95. The Labute approximate surface area is 132 Å². The van der Waals surface area contributed by atoms with Gasteiger partial charge in [0.05, 0.1) is 13.5 Å². The Balaban J connectivity index is 2.82. The zero-order chi connectivity index (χ0) is 16.6. The Bertz CT molecular complexity index is 452. The fourth-order valence-corrected chi connectivity index (χ4v) is 2.48. The Hall–Kier alpha value is -1.46. The number of hydrogen-bond acceptors (Lipinski definition) is 5. The van der Waals surface area contributed by atoms with Crippen molar-refractivity contribution in [2.75, 3.05) is 14.2 Å². The van der Waals surface area contributed by atoms with Gasteiger partial charge in [-0.25, -0.2) is 0 Å². The molecular weight excluding hydrogens is 284 g/mol. The highest BCUT2D eigenvalue weighted by Gasteiger charge is 2.39. The monoisotopic (exact) mass is 310 g/mol. The predicted molar refractivity (Wildman–Crippen MR) is 83.3 cm³/mol. The molecule has 0 radical (unpaired) electrons. The lowest BCUT2D eigenvalue weighted by molar-refractivity contribution is -0.242. The summed E-state index contributed by atoms with van der Waals surface area (Å²) in [5.41, 5.74) is 2.16. The molecule has 0 fully saturated rings. The van der Waals surface area contributed by atoms with Crippen LogP contribution in [0.4, 0.5) is 0 Å². The normalized spacial score (nSPS) is 25.5. The number of carbonyl (C=O) groups is 2. The fraction of sp³-hybridized carbons (Fsp3) is 0.647. The minimum absolute atomic E-state index is 0.0543. The molecule has 1 heterocycles. The van der Waals surface area contributed by atoms with Gasteiger partial charge in [0.1, 0.15) is 12.4 Å². The van der Waals surface area contributed by atoms with Crippen molar-refractivity contribution in [3.8, 4) is 0 Å². The molecule has 0 saturated carbocycles. The molecule has 0 amide bonds. The molecule has 0 aromatic heterocycles. The van der Waals surface area contributed by atoms with Gasteiger partial charge in [-0.05, 0) is 37.8 Å². The van der Waals surface area contributed by atoms with E-state index in [-0.39, 0.29) is 18.5 Å². The highest BCUT2D eigenvalue weighted by molar-refractivity contribution is 5.70. The van der Waals surface area contributed by atoms with Crippen LogP contribution in [0.2, 0.25) is 0 Å². The molecule has 0 bridgehead atoms. The van der Waals surface area contributed by atoms with Gasteiger partial charge >= 0.3 is 5.97 Å². The Morgan fingerprint density at radius 1 is 1.45 bits per heavy atom. The summed E-state index contributed by atoms with van der Waals surface area (Å²) in [4.78, 5) is 21.9. The summed E-state index contributed by atoms with van der Waals surface area (Å²) < 4.78 is 16.3. The van der Waals surface area contributed by atoms with Gasteiger partial charge in [0.25, 0.3) is 0 Å². The Kier molecular flexibility index (Phi) is 7.48. The van der Waals surface area contributed by atoms with E-state index in [1.807, 2.05) is 19.9 Å². The van der Waals surface area contributed by atoms with E-state index in [2.05, 4.69) is 6.08 Å². The van der Waals surface area contributed by atoms with Crippen LogP contribution in [-0.4, -0.2) is 38.4 Å². The second kappa shape index (κ2) is 8.86. The number of aldehydes is 1. The van der Waals surface area contributed by atoms with Crippen LogP contribution in [0.3, 0.4) is 0 Å². The van der Waals surface area contributed by atoms with Crippen molar-refractivity contribution in [3.63, 3.8) is 0 Å². The van der Waals surface area contributed by atoms with Crippen molar-refractivity contribution in [2.24, 2.45) is 0 Å². The largest absolute Gasteiger partial charge is 0.469 e. The average molecular weight is 310 g/mol. The second-order valence-electron chi connectivity index (χ2n) is 5.56. The van der Waals surface area contributed by atoms with Crippen LogP contribution in [0, 0.1) is 0 Å². The van der Waals surface area contributed by atoms with Crippen LogP contribution in [0.25, 0.3) is 0 Å². The van der Waals surface area contributed by atoms with Gasteiger partial charge < -0.3 is 19.0 Å². The third kappa shape index (κ3) is 5.07. The lowest BCUT2D eigenvalue weighted by Gasteiger charge is -2.39. The molecule has 0 N–H and O–H groups in total. The van der Waals surface area contributed by atoms with Crippen LogP contribution in [0.15, 0.2) is 23.3 Å². The van der Waals surface area contributed by atoms with Crippen LogP contribution in [0.1, 0.15) is 46.0 Å². The Morgan fingerprint density at radius 2 is 2.18 bits per heavy atom. The number of carbonyl (C=O) groups excluding carboxylic acids is 2. The first-order valence-electron chi connectivity index (χ1n) is 7.54. The standard InChI is InChI=1S/C17H26O5/c1-13(8-6-5-7-11-18)16-14(2)9-10-17(21-4,22-16)12-15(19)20-3/h8-9,11,16H,5-7,10,12H2,1-4H3/b13-8+/t16-,17-/m1/s1. The van der Waals surface area contributed by atoms with Gasteiger partial charge in [0, 0.05) is 20.0 Å². The van der Waals surface area contributed by atoms with Crippen molar-refractivity contribution >= 4 is 12.3 Å². The van der Waals surface area contributed by atoms with Gasteiger partial charge in [-0.1, -0.05) is 12.2 Å². The van der Waals surface area contributed by atoms with E-state index in [9.17, 15) is 9.59 Å². The van der Waals surface area contributed by atoms with Gasteiger partial charge in [0.15, 0.2) is 5.79 Å². The highest BCUT2D eigenvalue weighted by atomic mass is 16.7. The number of ether oxygens (including phenoxy) is 3. The molecule has 5 heteroatoms. The summed E-state index contributed by atoms with van der Waals surface area (Å²) in [6, 6.07) is 0. The molecule has 5 nitrogen and oxygen atoms in total. The van der Waals surface area contributed by atoms with Crippen molar-refractivity contribution < 1.29 is 23.8 Å². The summed E-state index contributed by atoms with van der Waals surface area (Å²) in [6.45, 7) is 4.00. The van der Waals surface area contributed by atoms with Gasteiger partial charge in [-0.2, -0.15) is 0 Å². The minimum atomic E-state index is -0.977. The summed E-state index contributed by atoms with van der Waals surface area (Å²) in [7, 11) is 2.89. The molecule has 1 rings (SSSR count). The van der Waals surface area contributed by atoms with E-state index in [0.29, 0.717) is 12.8 Å². The lowest BCUT2D eigenvalue weighted by Crippen LogP contribution is -2.44. The zero-order valence-electron chi connectivity index (χ0n) is 13.9. The van der Waals surface area contributed by atoms with Crippen molar-refractivity contribution in [1.29, 1.82) is 0 Å². The summed E-state index contributed by atoms with van der Waals surface area (Å²) in [5.74, 6) is -1.34. The van der Waals surface area contributed by atoms with E-state index >= 15 is 0 Å². The molecule has 0 aliphatic carbocycles. The van der Waals surface area contributed by atoms with E-state index in [1.54, 1.807) is 0 Å². The number of rotatable bonds is 8. The number of esters is 1. The molecule has 22 heavy (non-hydrogen) atoms. The summed E-state index contributed by atoms with van der Waals surface area (Å²) in [6.07, 6.45) is 7.63. The SMILES string of the molecule is COC(=O)C[C@@]1(OC)CC=C(C)[C@@H](/C(C)=C/CCCC=O)O1. The van der Waals surface area contributed by atoms with Crippen LogP contribution in [-0.2, 0) is 23.8 Å². The highest BCUT2D eigenvalue weighted by Crippen LogP contribution is 2.34. The molecule has 0 spiro atoms. The van der Waals surface area contributed by atoms with Crippen molar-refractivity contribution in [2.45, 2.75) is 57.8 Å². The van der Waals surface area contributed by atoms with E-state index in [1.165, 1.54) is 14.2 Å². The third-order valence-corrected chi connectivity index (χ3v) is 3.90. The molecule has 2 atom stereocenters. The minimum Gasteiger partial charge on any atom is -0.469 e. The number of hydrogen-bond donors (Lipinski definition) is 0. The quantitative estimate of drug-likeness (QED) is 0.298. The summed E-state index contributed by atoms with van der Waals surface area (Å²) >= 11 is 0. The maximum atomic E-state index is 11.6. The molecular formula is C17H26O5. The van der Waals surface area contributed by atoms with Crippen LogP contribution in [0.5, 0.6) is 0 Å². The molecule has 0 aromatic carbocycles. The first-order chi connectivity index (χ1) is 10.5. The van der Waals surface area contributed by atoms with E-state index < -0.39 is 5.79 Å². The molecule has 124 valence electrons. The topological polar surface area (TPSA) is 61.8 Å².